The van der Waals surface area contributed by atoms with Gasteiger partial charge in [-0.3, -0.25) is 4.79 Å². The van der Waals surface area contributed by atoms with Gasteiger partial charge < -0.3 is 9.47 Å². The van der Waals surface area contributed by atoms with E-state index < -0.39 is 0 Å². The number of ketones is 1. The molecule has 0 atom stereocenters. The predicted octanol–water partition coefficient (Wildman–Crippen LogP) is 2.57. The SMILES string of the molecule is COc1cccc(Br)c1OC1CC(=O)C1. The van der Waals surface area contributed by atoms with Crippen molar-refractivity contribution >= 4 is 21.7 Å². The van der Waals surface area contributed by atoms with Crippen molar-refractivity contribution in [3.8, 4) is 11.5 Å². The van der Waals surface area contributed by atoms with Gasteiger partial charge in [-0.1, -0.05) is 6.07 Å². The van der Waals surface area contributed by atoms with Crippen molar-refractivity contribution in [2.24, 2.45) is 0 Å². The first kappa shape index (κ1) is 10.5. The quantitative estimate of drug-likeness (QED) is 0.847. The highest BCUT2D eigenvalue weighted by molar-refractivity contribution is 9.10. The van der Waals surface area contributed by atoms with Gasteiger partial charge in [0, 0.05) is 12.8 Å². The molecule has 0 aromatic heterocycles. The van der Waals surface area contributed by atoms with Crippen molar-refractivity contribution in [1.82, 2.24) is 0 Å². The summed E-state index contributed by atoms with van der Waals surface area (Å²) >= 11 is 3.39. The van der Waals surface area contributed by atoms with Gasteiger partial charge in [0.05, 0.1) is 11.6 Å². The molecule has 0 amide bonds. The molecule has 4 heteroatoms. The van der Waals surface area contributed by atoms with Crippen molar-refractivity contribution < 1.29 is 14.3 Å². The molecule has 0 spiro atoms. The van der Waals surface area contributed by atoms with Crippen molar-refractivity contribution in [2.75, 3.05) is 7.11 Å². The van der Waals surface area contributed by atoms with Gasteiger partial charge in [-0.15, -0.1) is 0 Å². The molecule has 1 aliphatic carbocycles. The summed E-state index contributed by atoms with van der Waals surface area (Å²) in [7, 11) is 1.60. The maximum atomic E-state index is 10.8. The van der Waals surface area contributed by atoms with Gasteiger partial charge in [0.15, 0.2) is 11.5 Å². The average Bonchev–Trinajstić information content (AvgIpc) is 2.18. The topological polar surface area (TPSA) is 35.5 Å². The predicted molar refractivity (Wildman–Crippen MR) is 59.4 cm³/mol. The van der Waals surface area contributed by atoms with E-state index in [9.17, 15) is 4.79 Å². The number of Topliss-reactive ketones (excluding diaryl/α,β-unsaturated/α-hetero) is 1. The highest BCUT2D eigenvalue weighted by atomic mass is 79.9. The van der Waals surface area contributed by atoms with Gasteiger partial charge in [0.2, 0.25) is 0 Å². The lowest BCUT2D eigenvalue weighted by Gasteiger charge is -2.26. The van der Waals surface area contributed by atoms with Crippen molar-refractivity contribution in [1.29, 1.82) is 0 Å². The second kappa shape index (κ2) is 4.23. The molecule has 1 aromatic rings. The molecular weight excluding hydrogens is 260 g/mol. The summed E-state index contributed by atoms with van der Waals surface area (Å²) in [5, 5.41) is 0. The summed E-state index contributed by atoms with van der Waals surface area (Å²) < 4.78 is 11.7. The van der Waals surface area contributed by atoms with Crippen LogP contribution in [0.25, 0.3) is 0 Å². The zero-order valence-electron chi connectivity index (χ0n) is 8.33. The fourth-order valence-corrected chi connectivity index (χ4v) is 1.90. The van der Waals surface area contributed by atoms with Crippen molar-refractivity contribution in [3.63, 3.8) is 0 Å². The average molecular weight is 271 g/mol. The Morgan fingerprint density at radius 1 is 1.40 bits per heavy atom. The van der Waals surface area contributed by atoms with Crippen LogP contribution < -0.4 is 9.47 Å². The Kier molecular flexibility index (Phi) is 2.95. The van der Waals surface area contributed by atoms with Crippen LogP contribution in [0, 0.1) is 0 Å². The Morgan fingerprint density at radius 2 is 2.13 bits per heavy atom. The summed E-state index contributed by atoms with van der Waals surface area (Å²) in [6, 6.07) is 5.60. The van der Waals surface area contributed by atoms with Crippen LogP contribution in [-0.2, 0) is 4.79 Å². The van der Waals surface area contributed by atoms with E-state index in [1.54, 1.807) is 7.11 Å². The maximum Gasteiger partial charge on any atom is 0.175 e. The minimum absolute atomic E-state index is 0.00472. The van der Waals surface area contributed by atoms with Crippen LogP contribution in [0.5, 0.6) is 11.5 Å². The van der Waals surface area contributed by atoms with Crippen molar-refractivity contribution in [3.05, 3.63) is 22.7 Å². The van der Waals surface area contributed by atoms with Gasteiger partial charge >= 0.3 is 0 Å². The van der Waals surface area contributed by atoms with E-state index in [4.69, 9.17) is 9.47 Å². The number of ether oxygens (including phenoxy) is 2. The lowest BCUT2D eigenvalue weighted by Crippen LogP contribution is -2.33. The third-order valence-electron chi connectivity index (χ3n) is 2.35. The minimum atomic E-state index is 0.00472. The molecule has 2 rings (SSSR count). The fourth-order valence-electron chi connectivity index (χ4n) is 1.46. The first-order valence-corrected chi connectivity index (χ1v) is 5.51. The second-order valence-corrected chi connectivity index (χ2v) is 4.31. The smallest absolute Gasteiger partial charge is 0.175 e. The lowest BCUT2D eigenvalue weighted by atomic mass is 9.94. The molecule has 1 aliphatic rings. The number of methoxy groups -OCH3 is 1. The largest absolute Gasteiger partial charge is 0.493 e. The molecule has 0 radical (unpaired) electrons. The number of carbonyl (C=O) groups is 1. The summed E-state index contributed by atoms with van der Waals surface area (Å²) in [5.41, 5.74) is 0. The molecule has 0 heterocycles. The Balaban J connectivity index is 2.15. The third kappa shape index (κ3) is 2.15. The second-order valence-electron chi connectivity index (χ2n) is 3.46. The molecule has 0 bridgehead atoms. The zero-order valence-corrected chi connectivity index (χ0v) is 9.91. The number of para-hydroxylation sites is 1. The van der Waals surface area contributed by atoms with Gasteiger partial charge in [0.1, 0.15) is 11.9 Å². The minimum Gasteiger partial charge on any atom is -0.493 e. The summed E-state index contributed by atoms with van der Waals surface area (Å²) in [5.74, 6) is 1.62. The number of benzene rings is 1. The van der Waals surface area contributed by atoms with Gasteiger partial charge in [-0.25, -0.2) is 0 Å². The Bertz CT molecular complexity index is 381. The van der Waals surface area contributed by atoms with Crippen LogP contribution in [-0.4, -0.2) is 19.0 Å². The number of hydrogen-bond donors (Lipinski definition) is 0. The molecule has 3 nitrogen and oxygen atoms in total. The van der Waals surface area contributed by atoms with Crippen LogP contribution in [0.2, 0.25) is 0 Å². The zero-order chi connectivity index (χ0) is 10.8. The van der Waals surface area contributed by atoms with E-state index in [0.29, 0.717) is 24.3 Å². The van der Waals surface area contributed by atoms with Gasteiger partial charge in [-0.05, 0) is 28.1 Å². The van der Waals surface area contributed by atoms with E-state index in [-0.39, 0.29) is 11.9 Å². The first-order chi connectivity index (χ1) is 7.20. The normalized spacial score (nSPS) is 16.0. The molecule has 15 heavy (non-hydrogen) atoms. The molecule has 80 valence electrons. The third-order valence-corrected chi connectivity index (χ3v) is 2.97. The van der Waals surface area contributed by atoms with E-state index in [2.05, 4.69) is 15.9 Å². The van der Waals surface area contributed by atoms with Crippen LogP contribution in [0.1, 0.15) is 12.8 Å². The molecule has 0 saturated heterocycles. The molecule has 1 aromatic carbocycles. The Hall–Kier alpha value is -1.03. The molecule has 0 aliphatic heterocycles. The number of halogens is 1. The molecule has 0 unspecified atom stereocenters. The standard InChI is InChI=1S/C11H11BrO3/c1-14-10-4-2-3-9(12)11(10)15-8-5-7(13)6-8/h2-4,8H,5-6H2,1H3. The Labute approximate surface area is 96.5 Å². The van der Waals surface area contributed by atoms with Crippen LogP contribution in [0.15, 0.2) is 22.7 Å². The molecular formula is C11H11BrO3. The van der Waals surface area contributed by atoms with Crippen LogP contribution in [0.4, 0.5) is 0 Å². The monoisotopic (exact) mass is 270 g/mol. The van der Waals surface area contributed by atoms with E-state index in [1.807, 2.05) is 18.2 Å². The van der Waals surface area contributed by atoms with Gasteiger partial charge in [0.25, 0.3) is 0 Å². The number of hydrogen-bond acceptors (Lipinski definition) is 3. The highest BCUT2D eigenvalue weighted by Gasteiger charge is 2.29. The van der Waals surface area contributed by atoms with E-state index in [1.165, 1.54) is 0 Å². The number of rotatable bonds is 3. The lowest BCUT2D eigenvalue weighted by molar-refractivity contribution is -0.129. The molecule has 1 fully saturated rings. The highest BCUT2D eigenvalue weighted by Crippen LogP contribution is 2.37. The fraction of sp³-hybridized carbons (Fsp3) is 0.364. The van der Waals surface area contributed by atoms with E-state index >= 15 is 0 Å². The van der Waals surface area contributed by atoms with Gasteiger partial charge in [-0.2, -0.15) is 0 Å². The summed E-state index contributed by atoms with van der Waals surface area (Å²) in [4.78, 5) is 10.8. The first-order valence-electron chi connectivity index (χ1n) is 4.71. The van der Waals surface area contributed by atoms with Crippen molar-refractivity contribution in [2.45, 2.75) is 18.9 Å². The number of carbonyl (C=O) groups excluding carboxylic acids is 1. The molecule has 0 N–H and O–H groups in total. The molecule has 1 saturated carbocycles. The van der Waals surface area contributed by atoms with Crippen LogP contribution >= 0.6 is 15.9 Å². The Morgan fingerprint density at radius 3 is 2.73 bits per heavy atom. The summed E-state index contributed by atoms with van der Waals surface area (Å²) in [6.45, 7) is 0. The van der Waals surface area contributed by atoms with Crippen LogP contribution in [0.3, 0.4) is 0 Å². The van der Waals surface area contributed by atoms with E-state index in [0.717, 1.165) is 4.47 Å². The summed E-state index contributed by atoms with van der Waals surface area (Å²) in [6.07, 6.45) is 1.01. The maximum absolute atomic E-state index is 10.8.